The molecule has 0 spiro atoms. The van der Waals surface area contributed by atoms with E-state index < -0.39 is 0 Å². The number of hydrogen-bond donors (Lipinski definition) is 2. The first-order chi connectivity index (χ1) is 9.97. The van der Waals surface area contributed by atoms with E-state index in [0.717, 1.165) is 18.8 Å². The van der Waals surface area contributed by atoms with Crippen molar-refractivity contribution in [3.63, 3.8) is 0 Å². The van der Waals surface area contributed by atoms with Gasteiger partial charge in [-0.2, -0.15) is 0 Å². The molecule has 21 heavy (non-hydrogen) atoms. The Morgan fingerprint density at radius 1 is 1.19 bits per heavy atom. The van der Waals surface area contributed by atoms with Gasteiger partial charge in [0.05, 0.1) is 0 Å². The lowest BCUT2D eigenvalue weighted by molar-refractivity contribution is -0.118. The first kappa shape index (κ1) is 17.9. The summed E-state index contributed by atoms with van der Waals surface area (Å²) in [6, 6.07) is 8.20. The minimum atomic E-state index is -0.0137. The van der Waals surface area contributed by atoms with E-state index in [-0.39, 0.29) is 9.70 Å². The lowest BCUT2D eigenvalue weighted by Gasteiger charge is -2.16. The number of amides is 1. The summed E-state index contributed by atoms with van der Waals surface area (Å²) >= 11 is 1.83. The van der Waals surface area contributed by atoms with Crippen LogP contribution in [0, 0.1) is 0 Å². The van der Waals surface area contributed by atoms with E-state index in [1.165, 1.54) is 12.5 Å². The Labute approximate surface area is 139 Å². The predicted molar refractivity (Wildman–Crippen MR) is 93.6 cm³/mol. The molecule has 0 heterocycles. The molecular formula is C15H22IN3O2. The van der Waals surface area contributed by atoms with Crippen molar-refractivity contribution in [3.8, 4) is 0 Å². The Kier molecular flexibility index (Phi) is 8.29. The molecule has 116 valence electrons. The molecule has 0 aliphatic heterocycles. The molecule has 0 aromatic heterocycles. The second-order valence-corrected chi connectivity index (χ2v) is 6.15. The molecule has 1 amide bonds. The Bertz CT molecular complexity index is 462. The molecule has 1 aromatic rings. The third-order valence-electron chi connectivity index (χ3n) is 2.92. The zero-order chi connectivity index (χ0) is 15.7. The van der Waals surface area contributed by atoms with Gasteiger partial charge < -0.3 is 15.5 Å². The van der Waals surface area contributed by atoms with Gasteiger partial charge in [0.15, 0.2) is 3.79 Å². The standard InChI is InChI=1S/C15H22IN3O2/c1-12(20)17-8-9-18-14-5-3-13(4-6-14)11-19(2)10-7-15(16)21/h3-6,18H,7-11H2,1-2H3,(H,17,20). The molecule has 5 nitrogen and oxygen atoms in total. The fourth-order valence-electron chi connectivity index (χ4n) is 1.84. The number of carbonyl (C=O) groups excluding carboxylic acids is 2. The van der Waals surface area contributed by atoms with Crippen molar-refractivity contribution >= 4 is 38.0 Å². The highest BCUT2D eigenvalue weighted by molar-refractivity contribution is 14.1. The topological polar surface area (TPSA) is 61.4 Å². The highest BCUT2D eigenvalue weighted by Crippen LogP contribution is 2.11. The Balaban J connectivity index is 2.32. The fourth-order valence-corrected chi connectivity index (χ4v) is 2.08. The monoisotopic (exact) mass is 403 g/mol. The Morgan fingerprint density at radius 2 is 1.86 bits per heavy atom. The van der Waals surface area contributed by atoms with Gasteiger partial charge in [0.2, 0.25) is 5.91 Å². The zero-order valence-corrected chi connectivity index (χ0v) is 14.6. The van der Waals surface area contributed by atoms with Gasteiger partial charge in [-0.15, -0.1) is 0 Å². The molecular weight excluding hydrogens is 381 g/mol. The van der Waals surface area contributed by atoms with Crippen LogP contribution in [0.4, 0.5) is 5.69 Å². The molecule has 0 aliphatic carbocycles. The third-order valence-corrected chi connectivity index (χ3v) is 3.46. The first-order valence-corrected chi connectivity index (χ1v) is 7.99. The van der Waals surface area contributed by atoms with Crippen molar-refractivity contribution in [2.45, 2.75) is 19.9 Å². The lowest BCUT2D eigenvalue weighted by Crippen LogP contribution is -2.26. The van der Waals surface area contributed by atoms with Crippen molar-refractivity contribution < 1.29 is 9.59 Å². The summed E-state index contributed by atoms with van der Waals surface area (Å²) in [4.78, 5) is 23.8. The normalized spacial score (nSPS) is 10.5. The van der Waals surface area contributed by atoms with E-state index in [1.54, 1.807) is 0 Å². The summed E-state index contributed by atoms with van der Waals surface area (Å²) < 4.78 is 0.193. The number of nitrogens with zero attached hydrogens (tertiary/aromatic N) is 1. The summed E-state index contributed by atoms with van der Waals surface area (Å²) in [5, 5.41) is 5.99. The van der Waals surface area contributed by atoms with Gasteiger partial charge in [0.1, 0.15) is 0 Å². The minimum Gasteiger partial charge on any atom is -0.383 e. The number of nitrogens with one attached hydrogen (secondary N) is 2. The smallest absolute Gasteiger partial charge is 0.216 e. The van der Waals surface area contributed by atoms with E-state index >= 15 is 0 Å². The van der Waals surface area contributed by atoms with Crippen LogP contribution in [-0.4, -0.2) is 41.3 Å². The van der Waals surface area contributed by atoms with Crippen LogP contribution in [0.25, 0.3) is 0 Å². The van der Waals surface area contributed by atoms with Crippen molar-refractivity contribution in [1.29, 1.82) is 0 Å². The summed E-state index contributed by atoms with van der Waals surface area (Å²) in [6.45, 7) is 4.44. The third kappa shape index (κ3) is 8.67. The van der Waals surface area contributed by atoms with E-state index in [4.69, 9.17) is 0 Å². The number of carbonyl (C=O) groups is 2. The van der Waals surface area contributed by atoms with Gasteiger partial charge in [0, 0.05) is 45.2 Å². The van der Waals surface area contributed by atoms with Gasteiger partial charge in [-0.05, 0) is 47.3 Å². The number of hydrogen-bond acceptors (Lipinski definition) is 4. The fraction of sp³-hybridized carbons (Fsp3) is 0.467. The number of benzene rings is 1. The molecule has 0 bridgehead atoms. The Morgan fingerprint density at radius 3 is 2.43 bits per heavy atom. The van der Waals surface area contributed by atoms with E-state index in [1.807, 2.05) is 41.8 Å². The summed E-state index contributed by atoms with van der Waals surface area (Å²) in [6.07, 6.45) is 0.583. The highest BCUT2D eigenvalue weighted by Gasteiger charge is 2.03. The number of halogens is 1. The zero-order valence-electron chi connectivity index (χ0n) is 12.5. The van der Waals surface area contributed by atoms with Crippen LogP contribution in [0.1, 0.15) is 18.9 Å². The van der Waals surface area contributed by atoms with Crippen LogP contribution < -0.4 is 10.6 Å². The van der Waals surface area contributed by atoms with E-state index in [9.17, 15) is 9.59 Å². The highest BCUT2D eigenvalue weighted by atomic mass is 127. The SMILES string of the molecule is CC(=O)NCCNc1ccc(CN(C)CCC(=O)I)cc1. The molecule has 0 saturated heterocycles. The molecule has 0 aliphatic rings. The molecule has 1 rings (SSSR count). The van der Waals surface area contributed by atoms with Gasteiger partial charge in [-0.1, -0.05) is 12.1 Å². The largest absolute Gasteiger partial charge is 0.383 e. The van der Waals surface area contributed by atoms with Crippen molar-refractivity contribution in [2.75, 3.05) is 32.0 Å². The van der Waals surface area contributed by atoms with Crippen LogP contribution in [-0.2, 0) is 16.1 Å². The summed E-state index contributed by atoms with van der Waals surface area (Å²) in [7, 11) is 2.01. The average Bonchev–Trinajstić information content (AvgIpc) is 2.43. The van der Waals surface area contributed by atoms with Gasteiger partial charge in [-0.3, -0.25) is 9.59 Å². The second kappa shape index (κ2) is 9.73. The maximum absolute atomic E-state index is 10.9. The van der Waals surface area contributed by atoms with Gasteiger partial charge in [0.25, 0.3) is 0 Å². The van der Waals surface area contributed by atoms with Crippen LogP contribution >= 0.6 is 22.6 Å². The maximum Gasteiger partial charge on any atom is 0.216 e. The lowest BCUT2D eigenvalue weighted by atomic mass is 10.2. The quantitative estimate of drug-likeness (QED) is 0.376. The van der Waals surface area contributed by atoms with E-state index in [2.05, 4.69) is 27.7 Å². The molecule has 0 atom stereocenters. The maximum atomic E-state index is 10.9. The molecule has 2 N–H and O–H groups in total. The Hall–Kier alpha value is -1.15. The van der Waals surface area contributed by atoms with Crippen LogP contribution in [0.15, 0.2) is 24.3 Å². The van der Waals surface area contributed by atoms with Crippen molar-refractivity contribution in [2.24, 2.45) is 0 Å². The van der Waals surface area contributed by atoms with Gasteiger partial charge in [-0.25, -0.2) is 0 Å². The van der Waals surface area contributed by atoms with Crippen LogP contribution in [0.3, 0.4) is 0 Å². The predicted octanol–water partition coefficient (Wildman–Crippen LogP) is 2.02. The molecule has 0 radical (unpaired) electrons. The van der Waals surface area contributed by atoms with Crippen molar-refractivity contribution in [3.05, 3.63) is 29.8 Å². The number of rotatable bonds is 9. The molecule has 6 heteroatoms. The van der Waals surface area contributed by atoms with Crippen LogP contribution in [0.5, 0.6) is 0 Å². The van der Waals surface area contributed by atoms with Crippen LogP contribution in [0.2, 0.25) is 0 Å². The minimum absolute atomic E-state index is 0.0137. The molecule has 1 aromatic carbocycles. The summed E-state index contributed by atoms with van der Waals surface area (Å²) in [5.74, 6) is -0.0137. The first-order valence-electron chi connectivity index (χ1n) is 6.91. The molecule has 0 unspecified atom stereocenters. The average molecular weight is 403 g/mol. The number of anilines is 1. The second-order valence-electron chi connectivity index (χ2n) is 4.95. The molecule has 0 fully saturated rings. The van der Waals surface area contributed by atoms with Gasteiger partial charge >= 0.3 is 0 Å². The molecule has 0 saturated carbocycles. The van der Waals surface area contributed by atoms with Crippen molar-refractivity contribution in [1.82, 2.24) is 10.2 Å². The summed E-state index contributed by atoms with van der Waals surface area (Å²) in [5.41, 5.74) is 2.25. The van der Waals surface area contributed by atoms with E-state index in [0.29, 0.717) is 19.5 Å².